The van der Waals surface area contributed by atoms with Gasteiger partial charge < -0.3 is 19.7 Å². The van der Waals surface area contributed by atoms with E-state index >= 15 is 0 Å². The predicted molar refractivity (Wildman–Crippen MR) is 137 cm³/mol. The van der Waals surface area contributed by atoms with E-state index in [0.29, 0.717) is 19.9 Å². The minimum absolute atomic E-state index is 0. The molecule has 4 nitrogen and oxygen atoms in total. The smallest absolute Gasteiger partial charge is 0.123 e. The Labute approximate surface area is 200 Å². The first-order valence-corrected chi connectivity index (χ1v) is 10.8. The summed E-state index contributed by atoms with van der Waals surface area (Å²) in [6.07, 6.45) is 5.15. The third-order valence-electron chi connectivity index (χ3n) is 5.00. The Balaban J connectivity index is 0.00000256. The number of nitrogens with zero attached hydrogens (tertiary/aromatic N) is 1. The van der Waals surface area contributed by atoms with Gasteiger partial charge in [0.05, 0.1) is 18.9 Å². The van der Waals surface area contributed by atoms with Crippen molar-refractivity contribution in [3.05, 3.63) is 77.7 Å². The number of methoxy groups -OCH3 is 1. The highest BCUT2D eigenvalue weighted by atomic mass is 127. The van der Waals surface area contributed by atoms with Gasteiger partial charge >= 0.3 is 0 Å². The number of allylic oxidation sites excluding steroid dienone is 1. The van der Waals surface area contributed by atoms with Crippen LogP contribution in [0.25, 0.3) is 5.57 Å². The van der Waals surface area contributed by atoms with Crippen molar-refractivity contribution in [1.29, 1.82) is 0 Å². The minimum atomic E-state index is 0. The summed E-state index contributed by atoms with van der Waals surface area (Å²) < 4.78 is 10.8. The first kappa shape index (κ1) is 23.0. The molecular weight excluding hydrogens is 507 g/mol. The molecule has 0 spiro atoms. The highest BCUT2D eigenvalue weighted by Gasteiger charge is 2.24. The fourth-order valence-electron chi connectivity index (χ4n) is 3.47. The molecule has 2 aliphatic heterocycles. The number of hydrogen-bond donors (Lipinski definition) is 1. The van der Waals surface area contributed by atoms with E-state index in [1.54, 1.807) is 7.11 Å². The number of anilines is 2. The van der Waals surface area contributed by atoms with E-state index < -0.39 is 0 Å². The molecular formula is C24H27IN2O2S. The van der Waals surface area contributed by atoms with Crippen molar-refractivity contribution >= 4 is 52.7 Å². The molecule has 0 fully saturated rings. The van der Waals surface area contributed by atoms with E-state index in [1.807, 2.05) is 11.8 Å². The Kier molecular flexibility index (Phi) is 8.48. The number of hydrogen-bond acceptors (Lipinski definition) is 5. The first-order valence-electron chi connectivity index (χ1n) is 9.93. The lowest BCUT2D eigenvalue weighted by Crippen LogP contribution is -2.24. The number of halogens is 1. The van der Waals surface area contributed by atoms with Crippen LogP contribution >= 0.6 is 35.7 Å². The Morgan fingerprint density at radius 1 is 1.13 bits per heavy atom. The number of benzene rings is 2. The zero-order valence-electron chi connectivity index (χ0n) is 17.3. The molecule has 0 saturated heterocycles. The van der Waals surface area contributed by atoms with Gasteiger partial charge in [-0.2, -0.15) is 0 Å². The second-order valence-electron chi connectivity index (χ2n) is 6.89. The van der Waals surface area contributed by atoms with Gasteiger partial charge in [0.25, 0.3) is 0 Å². The summed E-state index contributed by atoms with van der Waals surface area (Å²) in [4.78, 5) is 3.43. The third kappa shape index (κ3) is 5.13. The molecule has 0 bridgehead atoms. The number of para-hydroxylation sites is 2. The second-order valence-corrected chi connectivity index (χ2v) is 8.04. The standard InChI is InChI=1S/C24H26N2O2S.HI/c1-3-18(24-25-21-9-5-7-11-23(21)29-24)16-19-12-13-26(17-28-15-14-27-2)22-10-6-4-8-20(19)22;/h4-13,24-25H,3,14-15,17H2,1-2H3;1H. The number of ether oxygens (including phenoxy) is 2. The van der Waals surface area contributed by atoms with Gasteiger partial charge in [-0.1, -0.05) is 49.0 Å². The zero-order valence-corrected chi connectivity index (χ0v) is 20.4. The maximum Gasteiger partial charge on any atom is 0.123 e. The van der Waals surface area contributed by atoms with Crippen molar-refractivity contribution in [2.24, 2.45) is 0 Å². The first-order chi connectivity index (χ1) is 14.3. The van der Waals surface area contributed by atoms with Gasteiger partial charge in [0.1, 0.15) is 12.1 Å². The Hall–Kier alpha value is -1.70. The molecule has 158 valence electrons. The molecule has 2 aromatic rings. The van der Waals surface area contributed by atoms with Crippen molar-refractivity contribution in [2.45, 2.75) is 23.6 Å². The molecule has 30 heavy (non-hydrogen) atoms. The van der Waals surface area contributed by atoms with Crippen LogP contribution in [-0.2, 0) is 9.47 Å². The topological polar surface area (TPSA) is 33.7 Å². The normalized spacial score (nSPS) is 16.3. The lowest BCUT2D eigenvalue weighted by Gasteiger charge is -2.27. The molecule has 2 aromatic carbocycles. The molecule has 1 unspecified atom stereocenters. The van der Waals surface area contributed by atoms with Crippen LogP contribution in [0.15, 0.2) is 77.0 Å². The molecule has 1 N–H and O–H groups in total. The largest absolute Gasteiger partial charge is 0.382 e. The number of nitrogens with one attached hydrogen (secondary N) is 1. The fraction of sp³-hybridized carbons (Fsp3) is 0.292. The van der Waals surface area contributed by atoms with Gasteiger partial charge in [0, 0.05) is 40.6 Å². The van der Waals surface area contributed by atoms with Crippen molar-refractivity contribution in [3.63, 3.8) is 0 Å². The molecule has 0 radical (unpaired) electrons. The summed E-state index contributed by atoms with van der Waals surface area (Å²) in [6, 6.07) is 16.9. The zero-order chi connectivity index (χ0) is 20.1. The van der Waals surface area contributed by atoms with E-state index in [9.17, 15) is 0 Å². The number of thioether (sulfide) groups is 1. The number of fused-ring (bicyclic) bond motifs is 2. The van der Waals surface area contributed by atoms with Crippen LogP contribution in [0.2, 0.25) is 0 Å². The Morgan fingerprint density at radius 2 is 1.93 bits per heavy atom. The molecule has 4 rings (SSSR count). The Morgan fingerprint density at radius 3 is 2.73 bits per heavy atom. The van der Waals surface area contributed by atoms with E-state index in [4.69, 9.17) is 9.47 Å². The lowest BCUT2D eigenvalue weighted by molar-refractivity contribution is 0.0736. The summed E-state index contributed by atoms with van der Waals surface area (Å²) in [5.41, 5.74) is 9.62. The maximum absolute atomic E-state index is 5.73. The van der Waals surface area contributed by atoms with Crippen LogP contribution in [-0.4, -0.2) is 32.4 Å². The van der Waals surface area contributed by atoms with Crippen LogP contribution in [0.4, 0.5) is 11.4 Å². The van der Waals surface area contributed by atoms with Gasteiger partial charge in [-0.3, -0.25) is 0 Å². The van der Waals surface area contributed by atoms with E-state index in [2.05, 4.69) is 83.7 Å². The predicted octanol–water partition coefficient (Wildman–Crippen LogP) is 6.12. The average molecular weight is 534 g/mol. The maximum atomic E-state index is 5.73. The molecule has 1 atom stereocenters. The summed E-state index contributed by atoms with van der Waals surface area (Å²) in [5.74, 6) is 0. The van der Waals surface area contributed by atoms with E-state index in [-0.39, 0.29) is 29.4 Å². The molecule has 0 amide bonds. The van der Waals surface area contributed by atoms with Gasteiger partial charge in [0.15, 0.2) is 0 Å². The van der Waals surface area contributed by atoms with E-state index in [1.165, 1.54) is 21.7 Å². The van der Waals surface area contributed by atoms with Crippen molar-refractivity contribution in [2.75, 3.05) is 37.3 Å². The van der Waals surface area contributed by atoms with Crippen molar-refractivity contribution in [1.82, 2.24) is 0 Å². The quantitative estimate of drug-likeness (QED) is 0.263. The van der Waals surface area contributed by atoms with E-state index in [0.717, 1.165) is 17.7 Å². The molecule has 0 aliphatic carbocycles. The minimum Gasteiger partial charge on any atom is -0.382 e. The van der Waals surface area contributed by atoms with Crippen LogP contribution in [0.3, 0.4) is 0 Å². The van der Waals surface area contributed by atoms with Gasteiger partial charge in [-0.05, 0) is 30.7 Å². The summed E-state index contributed by atoms with van der Waals surface area (Å²) >= 11 is 1.86. The highest BCUT2D eigenvalue weighted by molar-refractivity contribution is 14.0. The summed E-state index contributed by atoms with van der Waals surface area (Å²) in [5, 5.41) is 3.85. The summed E-state index contributed by atoms with van der Waals surface area (Å²) in [6.45, 7) is 3.88. The monoisotopic (exact) mass is 534 g/mol. The molecule has 2 aliphatic rings. The van der Waals surface area contributed by atoms with Crippen LogP contribution < -0.4 is 10.2 Å². The molecule has 2 heterocycles. The second kappa shape index (κ2) is 11.1. The molecule has 0 aromatic heterocycles. The lowest BCUT2D eigenvalue weighted by atomic mass is 9.99. The SMILES string of the molecule is CCC(=C=C1C=CN(COCCOC)c2ccccc21)C1Nc2ccccc2S1.I. The highest BCUT2D eigenvalue weighted by Crippen LogP contribution is 2.42. The van der Waals surface area contributed by atoms with Crippen molar-refractivity contribution in [3.8, 4) is 0 Å². The summed E-state index contributed by atoms with van der Waals surface area (Å²) in [7, 11) is 1.68. The van der Waals surface area contributed by atoms with Crippen LogP contribution in [0, 0.1) is 0 Å². The molecule has 6 heteroatoms. The third-order valence-corrected chi connectivity index (χ3v) is 6.25. The van der Waals surface area contributed by atoms with Gasteiger partial charge in [-0.15, -0.1) is 29.7 Å². The van der Waals surface area contributed by atoms with Gasteiger partial charge in [-0.25, -0.2) is 0 Å². The van der Waals surface area contributed by atoms with Crippen LogP contribution in [0.1, 0.15) is 18.9 Å². The average Bonchev–Trinajstić information content (AvgIpc) is 3.20. The Bertz CT molecular complexity index is 944. The van der Waals surface area contributed by atoms with Gasteiger partial charge in [0.2, 0.25) is 0 Å². The van der Waals surface area contributed by atoms with Crippen molar-refractivity contribution < 1.29 is 9.47 Å². The molecule has 0 saturated carbocycles. The van der Waals surface area contributed by atoms with Crippen LogP contribution in [0.5, 0.6) is 0 Å². The number of rotatable bonds is 7. The fourth-order valence-corrected chi connectivity index (χ4v) is 4.69.